The molecule has 0 bridgehead atoms. The second-order valence-electron chi connectivity index (χ2n) is 9.08. The summed E-state index contributed by atoms with van der Waals surface area (Å²) in [5.74, 6) is -0.219. The number of pyridine rings is 1. The Morgan fingerprint density at radius 1 is 1.11 bits per heavy atom. The topological polar surface area (TPSA) is 93.7 Å². The molecule has 8 nitrogen and oxygen atoms in total. The molecule has 4 aromatic rings. The first-order valence-corrected chi connectivity index (χ1v) is 13.6. The van der Waals surface area contributed by atoms with Crippen molar-refractivity contribution in [2.75, 3.05) is 25.5 Å². The van der Waals surface area contributed by atoms with Crippen LogP contribution in [0.15, 0.2) is 53.9 Å². The molecule has 2 aromatic heterocycles. The largest absolute Gasteiger partial charge is 0.496 e. The van der Waals surface area contributed by atoms with Gasteiger partial charge in [0, 0.05) is 47.1 Å². The number of rotatable bonds is 8. The molecule has 0 aliphatic carbocycles. The number of benzene rings is 2. The Labute approximate surface area is 225 Å². The van der Waals surface area contributed by atoms with Gasteiger partial charge in [-0.3, -0.25) is 20.0 Å². The smallest absolute Gasteiger partial charge is 0.340 e. The van der Waals surface area contributed by atoms with Gasteiger partial charge in [-0.1, -0.05) is 44.2 Å². The van der Waals surface area contributed by atoms with Gasteiger partial charge in [-0.15, -0.1) is 11.3 Å². The molecule has 1 atom stereocenters. The first kappa shape index (κ1) is 25.8. The van der Waals surface area contributed by atoms with Crippen molar-refractivity contribution in [3.8, 4) is 17.0 Å². The van der Waals surface area contributed by atoms with E-state index in [0.29, 0.717) is 35.1 Å². The minimum absolute atomic E-state index is 0.328. The third kappa shape index (κ3) is 5.12. The number of amides is 1. The Bertz CT molecular complexity index is 1480. The van der Waals surface area contributed by atoms with Crippen molar-refractivity contribution in [1.29, 1.82) is 0 Å². The first-order chi connectivity index (χ1) is 18.5. The van der Waals surface area contributed by atoms with E-state index in [2.05, 4.69) is 22.1 Å². The zero-order valence-corrected chi connectivity index (χ0v) is 22.5. The summed E-state index contributed by atoms with van der Waals surface area (Å²) in [5, 5.41) is 5.85. The lowest BCUT2D eigenvalue weighted by molar-refractivity contribution is -0.124. The highest BCUT2D eigenvalue weighted by Gasteiger charge is 2.29. The lowest BCUT2D eigenvalue weighted by Gasteiger charge is -2.29. The summed E-state index contributed by atoms with van der Waals surface area (Å²) in [7, 11) is 1.61. The maximum atomic E-state index is 13.6. The average Bonchev–Trinajstić information content (AvgIpc) is 3.42. The zero-order valence-electron chi connectivity index (χ0n) is 21.7. The Morgan fingerprint density at radius 3 is 2.68 bits per heavy atom. The summed E-state index contributed by atoms with van der Waals surface area (Å²) in [4.78, 5) is 38.5. The van der Waals surface area contributed by atoms with E-state index in [9.17, 15) is 9.59 Å². The summed E-state index contributed by atoms with van der Waals surface area (Å²) < 4.78 is 11.3. The van der Waals surface area contributed by atoms with E-state index in [0.717, 1.165) is 47.2 Å². The normalized spacial score (nSPS) is 14.1. The number of esters is 1. The molecule has 1 unspecified atom stereocenters. The molecule has 9 heteroatoms. The molecule has 1 amide bonds. The number of nitrogens with one attached hydrogen (secondary N) is 1. The minimum atomic E-state index is -0.963. The first-order valence-electron chi connectivity index (χ1n) is 12.8. The molecule has 0 saturated heterocycles. The zero-order chi connectivity index (χ0) is 26.6. The van der Waals surface area contributed by atoms with Gasteiger partial charge in [0.2, 0.25) is 0 Å². The van der Waals surface area contributed by atoms with Crippen LogP contribution >= 0.6 is 11.3 Å². The number of nitrogens with zero attached hydrogens (tertiary/aromatic N) is 3. The van der Waals surface area contributed by atoms with Gasteiger partial charge < -0.3 is 9.47 Å². The van der Waals surface area contributed by atoms with Gasteiger partial charge in [0.25, 0.3) is 5.91 Å². The van der Waals surface area contributed by atoms with E-state index >= 15 is 0 Å². The summed E-state index contributed by atoms with van der Waals surface area (Å²) >= 11 is 1.31. The summed E-state index contributed by atoms with van der Waals surface area (Å²) in [6.07, 6.45) is 0.133. The highest BCUT2D eigenvalue weighted by Crippen LogP contribution is 2.32. The summed E-state index contributed by atoms with van der Waals surface area (Å²) in [5.41, 5.74) is 4.60. The van der Waals surface area contributed by atoms with Crippen molar-refractivity contribution in [3.63, 3.8) is 0 Å². The molecule has 1 N–H and O–H groups in total. The van der Waals surface area contributed by atoms with E-state index in [-0.39, 0.29) is 0 Å². The van der Waals surface area contributed by atoms with Crippen LogP contribution in [0.3, 0.4) is 0 Å². The van der Waals surface area contributed by atoms with E-state index in [1.165, 1.54) is 11.3 Å². The van der Waals surface area contributed by atoms with Crippen molar-refractivity contribution in [1.82, 2.24) is 14.9 Å². The van der Waals surface area contributed by atoms with Crippen molar-refractivity contribution >= 4 is 39.2 Å². The number of carbonyl (C=O) groups is 2. The molecule has 3 heterocycles. The molecule has 0 fully saturated rings. The molecule has 1 aliphatic heterocycles. The highest BCUT2D eigenvalue weighted by atomic mass is 32.1. The van der Waals surface area contributed by atoms with Crippen molar-refractivity contribution in [2.24, 2.45) is 0 Å². The average molecular weight is 531 g/mol. The van der Waals surface area contributed by atoms with Crippen LogP contribution in [0.1, 0.15) is 41.9 Å². The molecule has 1 aliphatic rings. The number of anilines is 1. The molecule has 38 heavy (non-hydrogen) atoms. The number of carbonyl (C=O) groups excluding carboxylic acids is 2. The number of methoxy groups -OCH3 is 1. The predicted octanol–water partition coefficient (Wildman–Crippen LogP) is 5.32. The Hall–Kier alpha value is -3.82. The van der Waals surface area contributed by atoms with Gasteiger partial charge in [-0.25, -0.2) is 9.78 Å². The SMILES string of the molecule is CCC(OC(=O)c1c2c(nc3ccccc13)CCN(CC)C2)C(=O)Nc1nc(-c2ccccc2OC)cs1. The van der Waals surface area contributed by atoms with E-state index in [1.54, 1.807) is 7.11 Å². The number of para-hydroxylation sites is 2. The van der Waals surface area contributed by atoms with Crippen LogP contribution in [0.25, 0.3) is 22.2 Å². The molecular formula is C29H30N4O4S. The quantitative estimate of drug-likeness (QED) is 0.308. The van der Waals surface area contributed by atoms with Crippen LogP contribution in [0.2, 0.25) is 0 Å². The molecular weight excluding hydrogens is 500 g/mol. The minimum Gasteiger partial charge on any atom is -0.496 e. The maximum Gasteiger partial charge on any atom is 0.340 e. The standard InChI is InChI=1S/C29H30N4O4S/c1-4-24(27(34)32-29-31-23(17-38-29)18-10-7-9-13-25(18)36-3)37-28(35)26-19-11-6-8-12-21(19)30-22-14-15-33(5-2)16-20(22)26/h6-13,17,24H,4-5,14-16H2,1-3H3,(H,31,32,34). The van der Waals surface area contributed by atoms with Crippen LogP contribution < -0.4 is 10.1 Å². The van der Waals surface area contributed by atoms with Gasteiger partial charge >= 0.3 is 5.97 Å². The van der Waals surface area contributed by atoms with E-state index in [1.807, 2.05) is 60.8 Å². The van der Waals surface area contributed by atoms with Crippen molar-refractivity contribution in [2.45, 2.75) is 39.3 Å². The molecule has 196 valence electrons. The summed E-state index contributed by atoms with van der Waals surface area (Å²) in [6, 6.07) is 15.2. The van der Waals surface area contributed by atoms with Crippen LogP contribution in [-0.2, 0) is 22.5 Å². The number of hydrogen-bond acceptors (Lipinski definition) is 8. The van der Waals surface area contributed by atoms with Crippen LogP contribution in [0.4, 0.5) is 5.13 Å². The van der Waals surface area contributed by atoms with Crippen LogP contribution in [0, 0.1) is 0 Å². The number of aromatic nitrogens is 2. The fourth-order valence-electron chi connectivity index (χ4n) is 4.76. The van der Waals surface area contributed by atoms with Crippen molar-refractivity contribution in [3.05, 3.63) is 70.7 Å². The fraction of sp³-hybridized carbons (Fsp3) is 0.310. The predicted molar refractivity (Wildman–Crippen MR) is 149 cm³/mol. The Kier molecular flexibility index (Phi) is 7.67. The van der Waals surface area contributed by atoms with Gasteiger partial charge in [0.15, 0.2) is 11.2 Å². The Morgan fingerprint density at radius 2 is 1.89 bits per heavy atom. The molecule has 0 radical (unpaired) electrons. The number of fused-ring (bicyclic) bond motifs is 2. The van der Waals surface area contributed by atoms with Crippen LogP contribution in [-0.4, -0.2) is 53.0 Å². The van der Waals surface area contributed by atoms with Crippen molar-refractivity contribution < 1.29 is 19.1 Å². The lowest BCUT2D eigenvalue weighted by Crippen LogP contribution is -2.35. The second kappa shape index (κ2) is 11.3. The monoisotopic (exact) mass is 530 g/mol. The fourth-order valence-corrected chi connectivity index (χ4v) is 5.47. The maximum absolute atomic E-state index is 13.6. The highest BCUT2D eigenvalue weighted by molar-refractivity contribution is 7.14. The lowest BCUT2D eigenvalue weighted by atomic mass is 9.95. The Balaban J connectivity index is 1.38. The van der Waals surface area contributed by atoms with E-state index in [4.69, 9.17) is 14.5 Å². The molecule has 5 rings (SSSR count). The second-order valence-corrected chi connectivity index (χ2v) is 9.94. The van der Waals surface area contributed by atoms with Gasteiger partial charge in [-0.05, 0) is 31.2 Å². The van der Waals surface area contributed by atoms with Crippen LogP contribution in [0.5, 0.6) is 5.75 Å². The van der Waals surface area contributed by atoms with Gasteiger partial charge in [0.05, 0.1) is 23.9 Å². The summed E-state index contributed by atoms with van der Waals surface area (Å²) in [6.45, 7) is 6.33. The number of likely N-dealkylation sites (N-methyl/N-ethyl adjacent to an activating group) is 1. The van der Waals surface area contributed by atoms with E-state index < -0.39 is 18.0 Å². The number of hydrogen-bond donors (Lipinski definition) is 1. The third-order valence-electron chi connectivity index (χ3n) is 6.81. The molecule has 2 aromatic carbocycles. The van der Waals surface area contributed by atoms with Gasteiger partial charge in [0.1, 0.15) is 5.75 Å². The van der Waals surface area contributed by atoms with Gasteiger partial charge in [-0.2, -0.15) is 0 Å². The number of thiazole rings is 1. The third-order valence-corrected chi connectivity index (χ3v) is 7.56. The molecule has 0 saturated carbocycles. The number of ether oxygens (including phenoxy) is 2. The molecule has 0 spiro atoms.